The molecule has 2 heterocycles. The van der Waals surface area contributed by atoms with Crippen LogP contribution in [0.15, 0.2) is 52.4 Å². The lowest BCUT2D eigenvalue weighted by Gasteiger charge is -2.15. The number of nitrogens with zero attached hydrogens (tertiary/aromatic N) is 1. The van der Waals surface area contributed by atoms with Crippen molar-refractivity contribution in [2.24, 2.45) is 0 Å². The lowest BCUT2D eigenvalue weighted by Crippen LogP contribution is -2.25. The Labute approximate surface area is 170 Å². The second-order valence-corrected chi connectivity index (χ2v) is 8.84. The van der Waals surface area contributed by atoms with Crippen LogP contribution in [0.25, 0.3) is 10.9 Å². The quantitative estimate of drug-likeness (QED) is 0.599. The first-order valence-electron chi connectivity index (χ1n) is 8.95. The topological polar surface area (TPSA) is 45.3 Å². The number of H-pyrrole nitrogens is 1. The number of aromatic nitrogens is 1. The number of hydrogen-bond acceptors (Lipinski definition) is 3. The molecule has 0 bridgehead atoms. The summed E-state index contributed by atoms with van der Waals surface area (Å²) in [5, 5.41) is 1.73. The van der Waals surface area contributed by atoms with E-state index in [2.05, 4.69) is 9.88 Å². The van der Waals surface area contributed by atoms with Crippen molar-refractivity contribution in [3.63, 3.8) is 0 Å². The molecule has 4 nitrogen and oxygen atoms in total. The maximum Gasteiger partial charge on any atom is 0.143 e. The minimum Gasteiger partial charge on any atom is -0.490 e. The zero-order valence-electron chi connectivity index (χ0n) is 14.7. The molecule has 1 saturated heterocycles. The number of fused-ring (bicyclic) bond motifs is 1. The van der Waals surface area contributed by atoms with Gasteiger partial charge in [0, 0.05) is 23.0 Å². The van der Waals surface area contributed by atoms with Crippen molar-refractivity contribution in [1.82, 2.24) is 9.88 Å². The monoisotopic (exact) mass is 422 g/mol. The molecule has 1 N–H and O–H groups in total. The van der Waals surface area contributed by atoms with Crippen LogP contribution in [0.3, 0.4) is 0 Å². The maximum atomic E-state index is 13.0. The van der Waals surface area contributed by atoms with Crippen LogP contribution in [0.5, 0.6) is 5.75 Å². The summed E-state index contributed by atoms with van der Waals surface area (Å²) in [4.78, 5) is 6.96. The Morgan fingerprint density at radius 1 is 1.11 bits per heavy atom. The van der Waals surface area contributed by atoms with Crippen molar-refractivity contribution in [1.29, 1.82) is 0 Å². The van der Waals surface area contributed by atoms with Crippen LogP contribution < -0.4 is 4.74 Å². The van der Waals surface area contributed by atoms with Gasteiger partial charge in [0.15, 0.2) is 0 Å². The van der Waals surface area contributed by atoms with Crippen LogP contribution in [0, 0.1) is 0 Å². The lowest BCUT2D eigenvalue weighted by molar-refractivity contribution is 0.239. The minimum absolute atomic E-state index is 0.397. The Morgan fingerprint density at radius 2 is 1.93 bits per heavy atom. The molecule has 1 unspecified atom stereocenters. The van der Waals surface area contributed by atoms with Gasteiger partial charge in [-0.25, -0.2) is 4.21 Å². The predicted molar refractivity (Wildman–Crippen MR) is 111 cm³/mol. The highest BCUT2D eigenvalue weighted by molar-refractivity contribution is 7.85. The third-order valence-corrected chi connectivity index (χ3v) is 6.97. The summed E-state index contributed by atoms with van der Waals surface area (Å²) in [5.74, 6) is 0.782. The molecular weight excluding hydrogens is 403 g/mol. The fourth-order valence-corrected chi connectivity index (χ4v) is 4.95. The van der Waals surface area contributed by atoms with Gasteiger partial charge >= 0.3 is 0 Å². The van der Waals surface area contributed by atoms with E-state index in [0.717, 1.165) is 36.3 Å². The largest absolute Gasteiger partial charge is 0.490 e. The summed E-state index contributed by atoms with van der Waals surface area (Å²) in [5.41, 5.74) is 0.863. The molecule has 1 aliphatic rings. The molecule has 7 heteroatoms. The summed E-state index contributed by atoms with van der Waals surface area (Å²) < 4.78 is 19.0. The van der Waals surface area contributed by atoms with Crippen LogP contribution in [0.4, 0.5) is 0 Å². The SMILES string of the molecule is O=S(c1ccc(Cl)c(Cl)c1)c1c[nH]c2c(OCCN3CCCC3)cccc12. The molecule has 1 aliphatic heterocycles. The van der Waals surface area contributed by atoms with Crippen LogP contribution >= 0.6 is 23.2 Å². The highest BCUT2D eigenvalue weighted by atomic mass is 35.5. The van der Waals surface area contributed by atoms with Crippen molar-refractivity contribution >= 4 is 44.9 Å². The number of likely N-dealkylation sites (tertiary alicyclic amines) is 1. The smallest absolute Gasteiger partial charge is 0.143 e. The number of hydrogen-bond donors (Lipinski definition) is 1. The van der Waals surface area contributed by atoms with E-state index in [0.29, 0.717) is 26.4 Å². The van der Waals surface area contributed by atoms with E-state index >= 15 is 0 Å². The van der Waals surface area contributed by atoms with Gasteiger partial charge in [0.25, 0.3) is 0 Å². The second-order valence-electron chi connectivity index (χ2n) is 6.57. The molecule has 3 aromatic rings. The van der Waals surface area contributed by atoms with Crippen molar-refractivity contribution in [2.75, 3.05) is 26.2 Å². The van der Waals surface area contributed by atoms with Crippen molar-refractivity contribution < 1.29 is 8.95 Å². The van der Waals surface area contributed by atoms with Crippen LogP contribution in [-0.2, 0) is 10.8 Å². The normalized spacial score (nSPS) is 16.1. The molecule has 27 heavy (non-hydrogen) atoms. The Bertz CT molecular complexity index is 983. The van der Waals surface area contributed by atoms with E-state index in [1.54, 1.807) is 24.4 Å². The van der Waals surface area contributed by atoms with Gasteiger partial charge < -0.3 is 9.72 Å². The fraction of sp³-hybridized carbons (Fsp3) is 0.300. The molecule has 0 aliphatic carbocycles. The lowest BCUT2D eigenvalue weighted by atomic mass is 10.2. The van der Waals surface area contributed by atoms with E-state index in [4.69, 9.17) is 27.9 Å². The summed E-state index contributed by atoms with van der Waals surface area (Å²) >= 11 is 12.0. The van der Waals surface area contributed by atoms with Gasteiger partial charge in [-0.15, -0.1) is 0 Å². The molecule has 4 rings (SSSR count). The Kier molecular flexibility index (Phi) is 5.74. The van der Waals surface area contributed by atoms with Crippen LogP contribution in [-0.4, -0.2) is 40.3 Å². The molecular formula is C20H20Cl2N2O2S. The van der Waals surface area contributed by atoms with Gasteiger partial charge in [0.1, 0.15) is 12.4 Å². The van der Waals surface area contributed by atoms with E-state index in [1.807, 2.05) is 18.2 Å². The molecule has 0 spiro atoms. The van der Waals surface area contributed by atoms with Gasteiger partial charge in [0.05, 0.1) is 31.3 Å². The average molecular weight is 423 g/mol. The molecule has 1 aromatic heterocycles. The van der Waals surface area contributed by atoms with Gasteiger partial charge in [-0.1, -0.05) is 35.3 Å². The van der Waals surface area contributed by atoms with E-state index in [9.17, 15) is 4.21 Å². The maximum absolute atomic E-state index is 13.0. The van der Waals surface area contributed by atoms with Crippen molar-refractivity contribution in [2.45, 2.75) is 22.6 Å². The molecule has 1 atom stereocenters. The van der Waals surface area contributed by atoms with E-state index < -0.39 is 10.8 Å². The summed E-state index contributed by atoms with van der Waals surface area (Å²) in [7, 11) is -1.36. The zero-order chi connectivity index (χ0) is 18.8. The first kappa shape index (κ1) is 18.8. The van der Waals surface area contributed by atoms with Gasteiger partial charge in [-0.05, 0) is 50.2 Å². The first-order valence-corrected chi connectivity index (χ1v) is 10.9. The summed E-state index contributed by atoms with van der Waals surface area (Å²) in [6, 6.07) is 10.9. The number of para-hydroxylation sites is 1. The number of benzene rings is 2. The Hall–Kier alpha value is -1.53. The third kappa shape index (κ3) is 4.02. The van der Waals surface area contributed by atoms with Crippen molar-refractivity contribution in [3.8, 4) is 5.75 Å². The standard InChI is InChI=1S/C20H20Cl2N2O2S/c21-16-7-6-14(12-17(16)22)27(25)19-13-23-20-15(19)4-3-5-18(20)26-11-10-24-8-1-2-9-24/h3-7,12-13,23H,1-2,8-11H2. The van der Waals surface area contributed by atoms with Crippen LogP contribution in [0.1, 0.15) is 12.8 Å². The van der Waals surface area contributed by atoms with Gasteiger partial charge in [-0.3, -0.25) is 4.90 Å². The molecule has 2 aromatic carbocycles. The molecule has 0 radical (unpaired) electrons. The first-order chi connectivity index (χ1) is 13.1. The van der Waals surface area contributed by atoms with Crippen molar-refractivity contribution in [3.05, 3.63) is 52.6 Å². The minimum atomic E-state index is -1.36. The number of rotatable bonds is 6. The highest BCUT2D eigenvalue weighted by Crippen LogP contribution is 2.32. The third-order valence-electron chi connectivity index (χ3n) is 4.81. The zero-order valence-corrected chi connectivity index (χ0v) is 17.0. The summed E-state index contributed by atoms with van der Waals surface area (Å²) in [6.45, 7) is 3.88. The van der Waals surface area contributed by atoms with Crippen LogP contribution in [0.2, 0.25) is 10.0 Å². The molecule has 1 fully saturated rings. The predicted octanol–water partition coefficient (Wildman–Crippen LogP) is 5.12. The fourth-order valence-electron chi connectivity index (χ4n) is 3.38. The number of ether oxygens (including phenoxy) is 1. The Morgan fingerprint density at radius 3 is 2.70 bits per heavy atom. The molecule has 0 amide bonds. The molecule has 0 saturated carbocycles. The van der Waals surface area contributed by atoms with E-state index in [1.165, 1.54) is 12.8 Å². The second kappa shape index (κ2) is 8.23. The Balaban J connectivity index is 1.56. The van der Waals surface area contributed by atoms with E-state index in [-0.39, 0.29) is 0 Å². The number of nitrogens with one attached hydrogen (secondary N) is 1. The van der Waals surface area contributed by atoms with Gasteiger partial charge in [0.2, 0.25) is 0 Å². The summed E-state index contributed by atoms with van der Waals surface area (Å²) in [6.07, 6.45) is 4.32. The number of halogens is 2. The average Bonchev–Trinajstić information content (AvgIpc) is 3.33. The van der Waals surface area contributed by atoms with Gasteiger partial charge in [-0.2, -0.15) is 0 Å². The number of aromatic amines is 1. The highest BCUT2D eigenvalue weighted by Gasteiger charge is 2.16. The molecule has 142 valence electrons.